The molecule has 2 heterocycles. The van der Waals surface area contributed by atoms with Crippen molar-refractivity contribution < 1.29 is 4.79 Å². The number of thioether (sulfide) groups is 1. The molecule has 0 radical (unpaired) electrons. The molecule has 1 aromatic heterocycles. The van der Waals surface area contributed by atoms with Crippen LogP contribution in [0.15, 0.2) is 75.4 Å². The molecule has 0 aliphatic carbocycles. The Kier molecular flexibility index (Phi) is 4.41. The van der Waals surface area contributed by atoms with E-state index in [1.165, 1.54) is 11.8 Å². The fourth-order valence-corrected chi connectivity index (χ4v) is 3.90. The van der Waals surface area contributed by atoms with Gasteiger partial charge in [0.15, 0.2) is 0 Å². The number of aromatic nitrogens is 2. The van der Waals surface area contributed by atoms with E-state index in [0.717, 1.165) is 16.9 Å². The van der Waals surface area contributed by atoms with Crippen LogP contribution in [0.4, 0.5) is 0 Å². The molecule has 1 aliphatic rings. The number of carbonyl (C=O) groups excluding carboxylic acids is 1. The van der Waals surface area contributed by atoms with Gasteiger partial charge >= 0.3 is 0 Å². The molecular formula is C21H17N3O2S. The predicted molar refractivity (Wildman–Crippen MR) is 109 cm³/mol. The maximum absolute atomic E-state index is 13.0. The highest BCUT2D eigenvalue weighted by atomic mass is 32.2. The van der Waals surface area contributed by atoms with Gasteiger partial charge in [-0.1, -0.05) is 60.3 Å². The summed E-state index contributed by atoms with van der Waals surface area (Å²) in [7, 11) is 1.83. The summed E-state index contributed by atoms with van der Waals surface area (Å²) >= 11 is 1.30. The lowest BCUT2D eigenvalue weighted by Gasteiger charge is -2.07. The summed E-state index contributed by atoms with van der Waals surface area (Å²) in [5, 5.41) is 0.656. The smallest absolute Gasteiger partial charge is 0.284 e. The van der Waals surface area contributed by atoms with Crippen LogP contribution in [0.25, 0.3) is 11.8 Å². The predicted octanol–water partition coefficient (Wildman–Crippen LogP) is 3.55. The van der Waals surface area contributed by atoms with E-state index in [9.17, 15) is 9.59 Å². The van der Waals surface area contributed by atoms with Crippen LogP contribution in [0, 0.1) is 6.92 Å². The topological polar surface area (TPSA) is 56.4 Å². The number of hydrogen-bond acceptors (Lipinski definition) is 3. The van der Waals surface area contributed by atoms with Crippen molar-refractivity contribution in [2.45, 2.75) is 6.92 Å². The van der Waals surface area contributed by atoms with Crippen LogP contribution in [-0.2, 0) is 11.8 Å². The Labute approximate surface area is 160 Å². The fraction of sp³-hybridized carbons (Fsp3) is 0.0952. The molecule has 6 heteroatoms. The average molecular weight is 375 g/mol. The van der Waals surface area contributed by atoms with E-state index >= 15 is 0 Å². The van der Waals surface area contributed by atoms with Crippen LogP contribution in [0.1, 0.15) is 16.8 Å². The lowest BCUT2D eigenvalue weighted by atomic mass is 10.2. The van der Waals surface area contributed by atoms with Crippen molar-refractivity contribution in [1.82, 2.24) is 9.36 Å². The number of amides is 1. The Morgan fingerprint density at radius 2 is 1.59 bits per heavy atom. The number of rotatable bonds is 3. The number of benzene rings is 2. The van der Waals surface area contributed by atoms with E-state index in [-0.39, 0.29) is 11.5 Å². The number of carbonyl (C=O) groups is 1. The van der Waals surface area contributed by atoms with Crippen LogP contribution >= 0.6 is 11.8 Å². The summed E-state index contributed by atoms with van der Waals surface area (Å²) in [6.45, 7) is 1.87. The zero-order valence-electron chi connectivity index (χ0n) is 14.9. The molecule has 2 aromatic carbocycles. The quantitative estimate of drug-likeness (QED) is 0.658. The Morgan fingerprint density at radius 3 is 2.26 bits per heavy atom. The summed E-state index contributed by atoms with van der Waals surface area (Å²) in [5.41, 5.74) is 2.81. The van der Waals surface area contributed by atoms with Crippen molar-refractivity contribution in [3.63, 3.8) is 0 Å². The minimum atomic E-state index is -0.312. The van der Waals surface area contributed by atoms with Crippen LogP contribution in [-0.4, -0.2) is 20.3 Å². The Balaban J connectivity index is 1.74. The van der Waals surface area contributed by atoms with Gasteiger partial charge in [0.1, 0.15) is 5.04 Å². The summed E-state index contributed by atoms with van der Waals surface area (Å²) in [5.74, 6) is -0.312. The first-order valence-corrected chi connectivity index (χ1v) is 9.30. The minimum absolute atomic E-state index is 0.157. The summed E-state index contributed by atoms with van der Waals surface area (Å²) in [6.07, 6.45) is 1.66. The molecule has 27 heavy (non-hydrogen) atoms. The molecular weight excluding hydrogens is 358 g/mol. The first-order chi connectivity index (χ1) is 13.1. The highest BCUT2D eigenvalue weighted by molar-refractivity contribution is 8.19. The fourth-order valence-electron chi connectivity index (χ4n) is 3.00. The van der Waals surface area contributed by atoms with Crippen LogP contribution in [0.3, 0.4) is 0 Å². The Morgan fingerprint density at radius 1 is 0.963 bits per heavy atom. The van der Waals surface area contributed by atoms with Gasteiger partial charge in [-0.05, 0) is 25.1 Å². The van der Waals surface area contributed by atoms with Gasteiger partial charge in [-0.2, -0.15) is 0 Å². The summed E-state index contributed by atoms with van der Waals surface area (Å²) < 4.78 is 3.40. The van der Waals surface area contributed by atoms with Crippen LogP contribution in [0.5, 0.6) is 0 Å². The van der Waals surface area contributed by atoms with Crippen molar-refractivity contribution in [2.24, 2.45) is 12.0 Å². The molecule has 0 spiro atoms. The number of hydrogen-bond donors (Lipinski definition) is 0. The molecule has 0 saturated carbocycles. The van der Waals surface area contributed by atoms with Gasteiger partial charge in [0.05, 0.1) is 16.2 Å². The van der Waals surface area contributed by atoms with E-state index in [2.05, 4.69) is 4.99 Å². The summed E-state index contributed by atoms with van der Waals surface area (Å²) in [6, 6.07) is 19.0. The zero-order valence-corrected chi connectivity index (χ0v) is 15.7. The molecule has 0 saturated heterocycles. The second kappa shape index (κ2) is 6.89. The SMILES string of the molecule is Cc1c(/C=C2\SC(c3ccccc3)=NC2=O)c(=O)n(-c2ccccc2)n1C. The molecule has 0 bridgehead atoms. The third-order valence-corrected chi connectivity index (χ3v) is 5.55. The summed E-state index contributed by atoms with van der Waals surface area (Å²) in [4.78, 5) is 29.9. The minimum Gasteiger partial charge on any atom is -0.285 e. The third-order valence-electron chi connectivity index (χ3n) is 4.52. The molecule has 3 aromatic rings. The normalized spacial score (nSPS) is 15.4. The van der Waals surface area contributed by atoms with E-state index in [1.807, 2.05) is 74.6 Å². The second-order valence-electron chi connectivity index (χ2n) is 6.17. The number of aliphatic imine (C=N–C) groups is 1. The highest BCUT2D eigenvalue weighted by Crippen LogP contribution is 2.31. The van der Waals surface area contributed by atoms with E-state index in [1.54, 1.807) is 15.4 Å². The molecule has 0 unspecified atom stereocenters. The second-order valence-corrected chi connectivity index (χ2v) is 7.20. The van der Waals surface area contributed by atoms with Gasteiger partial charge in [-0.15, -0.1) is 0 Å². The Bertz CT molecular complexity index is 1140. The average Bonchev–Trinajstić information content (AvgIpc) is 3.16. The molecule has 0 fully saturated rings. The third kappa shape index (κ3) is 3.08. The maximum atomic E-state index is 13.0. The van der Waals surface area contributed by atoms with Crippen molar-refractivity contribution in [2.75, 3.05) is 0 Å². The molecule has 4 rings (SSSR count). The lowest BCUT2D eigenvalue weighted by molar-refractivity contribution is -0.113. The van der Waals surface area contributed by atoms with Gasteiger partial charge in [0.25, 0.3) is 11.5 Å². The maximum Gasteiger partial charge on any atom is 0.284 e. The monoisotopic (exact) mass is 375 g/mol. The first-order valence-electron chi connectivity index (χ1n) is 8.48. The lowest BCUT2D eigenvalue weighted by Crippen LogP contribution is -2.20. The standard InChI is InChI=1S/C21H17N3O2S/c1-14-17(21(26)24(23(14)2)16-11-7-4-8-12-16)13-18-19(25)22-20(27-18)15-9-5-3-6-10-15/h3-13H,1-2H3/b18-13-. The van der Waals surface area contributed by atoms with Gasteiger partial charge in [0, 0.05) is 18.3 Å². The van der Waals surface area contributed by atoms with Crippen molar-refractivity contribution >= 4 is 28.8 Å². The van der Waals surface area contributed by atoms with Crippen molar-refractivity contribution in [3.05, 3.63) is 92.7 Å². The molecule has 0 N–H and O–H groups in total. The molecule has 1 amide bonds. The molecule has 1 aliphatic heterocycles. The first kappa shape index (κ1) is 17.3. The molecule has 5 nitrogen and oxygen atoms in total. The van der Waals surface area contributed by atoms with E-state index in [4.69, 9.17) is 0 Å². The van der Waals surface area contributed by atoms with Gasteiger partial charge in [-0.25, -0.2) is 9.67 Å². The van der Waals surface area contributed by atoms with E-state index < -0.39 is 0 Å². The largest absolute Gasteiger partial charge is 0.285 e. The Hall–Kier alpha value is -3.12. The number of para-hydroxylation sites is 1. The number of nitrogens with zero attached hydrogens (tertiary/aromatic N) is 3. The van der Waals surface area contributed by atoms with Crippen LogP contribution < -0.4 is 5.56 Å². The van der Waals surface area contributed by atoms with E-state index in [0.29, 0.717) is 15.5 Å². The van der Waals surface area contributed by atoms with Gasteiger partial charge in [-0.3, -0.25) is 14.3 Å². The van der Waals surface area contributed by atoms with Gasteiger partial charge in [0.2, 0.25) is 0 Å². The van der Waals surface area contributed by atoms with Gasteiger partial charge < -0.3 is 0 Å². The van der Waals surface area contributed by atoms with Crippen molar-refractivity contribution in [1.29, 1.82) is 0 Å². The molecule has 0 atom stereocenters. The highest BCUT2D eigenvalue weighted by Gasteiger charge is 2.24. The van der Waals surface area contributed by atoms with Crippen molar-refractivity contribution in [3.8, 4) is 5.69 Å². The zero-order chi connectivity index (χ0) is 19.0. The van der Waals surface area contributed by atoms with Crippen LogP contribution in [0.2, 0.25) is 0 Å². The molecule has 134 valence electrons.